The van der Waals surface area contributed by atoms with Gasteiger partial charge in [0.1, 0.15) is 0 Å². The van der Waals surface area contributed by atoms with E-state index in [1.807, 2.05) is 26.0 Å². The molecule has 0 aliphatic heterocycles. The quantitative estimate of drug-likeness (QED) is 0.943. The SMILES string of the molecule is CCc1ccc(C(=O)NS(=O)(=O)c2ccc(C)cc2C)cc1. The molecule has 5 heteroatoms. The molecule has 22 heavy (non-hydrogen) atoms. The molecule has 0 saturated heterocycles. The van der Waals surface area contributed by atoms with Gasteiger partial charge in [-0.2, -0.15) is 0 Å². The van der Waals surface area contributed by atoms with Gasteiger partial charge in [0.05, 0.1) is 4.90 Å². The zero-order valence-electron chi connectivity index (χ0n) is 12.9. The van der Waals surface area contributed by atoms with Gasteiger partial charge in [-0.15, -0.1) is 0 Å². The van der Waals surface area contributed by atoms with Crippen LogP contribution in [0.15, 0.2) is 47.4 Å². The summed E-state index contributed by atoms with van der Waals surface area (Å²) in [4.78, 5) is 12.2. The second kappa shape index (κ2) is 6.32. The third-order valence-corrected chi connectivity index (χ3v) is 4.96. The van der Waals surface area contributed by atoms with Gasteiger partial charge in [-0.05, 0) is 49.6 Å². The highest BCUT2D eigenvalue weighted by atomic mass is 32.2. The first-order valence-electron chi connectivity index (χ1n) is 7.07. The fourth-order valence-corrected chi connectivity index (χ4v) is 3.43. The number of hydrogen-bond donors (Lipinski definition) is 1. The van der Waals surface area contributed by atoms with Crippen molar-refractivity contribution in [1.82, 2.24) is 4.72 Å². The zero-order valence-corrected chi connectivity index (χ0v) is 13.7. The Hall–Kier alpha value is -2.14. The standard InChI is InChI=1S/C17H19NO3S/c1-4-14-6-8-15(9-7-14)17(19)18-22(20,21)16-10-5-12(2)11-13(16)3/h5-11H,4H2,1-3H3,(H,18,19). The molecule has 1 N–H and O–H groups in total. The summed E-state index contributed by atoms with van der Waals surface area (Å²) in [6.45, 7) is 5.61. The van der Waals surface area contributed by atoms with Crippen LogP contribution < -0.4 is 4.72 Å². The fourth-order valence-electron chi connectivity index (χ4n) is 2.23. The smallest absolute Gasteiger partial charge is 0.264 e. The van der Waals surface area contributed by atoms with Gasteiger partial charge < -0.3 is 0 Å². The number of amides is 1. The minimum Gasteiger partial charge on any atom is -0.268 e. The van der Waals surface area contributed by atoms with E-state index in [-0.39, 0.29) is 4.90 Å². The lowest BCUT2D eigenvalue weighted by Gasteiger charge is -2.10. The molecule has 1 amide bonds. The Balaban J connectivity index is 2.25. The topological polar surface area (TPSA) is 63.2 Å². The van der Waals surface area contributed by atoms with Crippen molar-refractivity contribution >= 4 is 15.9 Å². The molecule has 0 bridgehead atoms. The largest absolute Gasteiger partial charge is 0.268 e. The van der Waals surface area contributed by atoms with Gasteiger partial charge in [-0.25, -0.2) is 13.1 Å². The minimum absolute atomic E-state index is 0.122. The highest BCUT2D eigenvalue weighted by Crippen LogP contribution is 2.17. The first-order chi connectivity index (χ1) is 10.3. The van der Waals surface area contributed by atoms with Crippen molar-refractivity contribution in [3.63, 3.8) is 0 Å². The molecule has 0 unspecified atom stereocenters. The van der Waals surface area contributed by atoms with Gasteiger partial charge in [0, 0.05) is 5.56 Å². The molecule has 4 nitrogen and oxygen atoms in total. The van der Waals surface area contributed by atoms with Crippen LogP contribution in [0.2, 0.25) is 0 Å². The summed E-state index contributed by atoms with van der Waals surface area (Å²) in [5.74, 6) is -0.623. The second-order valence-electron chi connectivity index (χ2n) is 5.25. The van der Waals surface area contributed by atoms with Gasteiger partial charge in [0.15, 0.2) is 0 Å². The third-order valence-electron chi connectivity index (χ3n) is 3.47. The molecule has 2 aromatic rings. The van der Waals surface area contributed by atoms with Crippen LogP contribution in [0.1, 0.15) is 34.0 Å². The zero-order chi connectivity index (χ0) is 16.3. The van der Waals surface area contributed by atoms with E-state index in [9.17, 15) is 13.2 Å². The van der Waals surface area contributed by atoms with Crippen LogP contribution in [0, 0.1) is 13.8 Å². The number of sulfonamides is 1. The minimum atomic E-state index is -3.87. The van der Waals surface area contributed by atoms with Crippen LogP contribution in [0.5, 0.6) is 0 Å². The van der Waals surface area contributed by atoms with Crippen LogP contribution in [-0.4, -0.2) is 14.3 Å². The van der Waals surface area contributed by atoms with Crippen molar-refractivity contribution in [3.05, 3.63) is 64.7 Å². The molecule has 0 atom stereocenters. The lowest BCUT2D eigenvalue weighted by atomic mass is 10.1. The average Bonchev–Trinajstić information content (AvgIpc) is 2.46. The van der Waals surface area contributed by atoms with E-state index >= 15 is 0 Å². The lowest BCUT2D eigenvalue weighted by molar-refractivity contribution is 0.0981. The molecule has 0 aromatic heterocycles. The Morgan fingerprint density at radius 1 is 1.05 bits per heavy atom. The number of benzene rings is 2. The maximum absolute atomic E-state index is 12.3. The molecular formula is C17H19NO3S. The second-order valence-corrected chi connectivity index (χ2v) is 6.90. The summed E-state index contributed by atoms with van der Waals surface area (Å²) < 4.78 is 26.8. The maximum Gasteiger partial charge on any atom is 0.264 e. The molecule has 0 saturated carbocycles. The molecule has 0 radical (unpaired) electrons. The number of nitrogens with one attached hydrogen (secondary N) is 1. The van der Waals surface area contributed by atoms with E-state index in [0.717, 1.165) is 17.5 Å². The van der Waals surface area contributed by atoms with Crippen molar-refractivity contribution in [1.29, 1.82) is 0 Å². The van der Waals surface area contributed by atoms with Crippen molar-refractivity contribution in [3.8, 4) is 0 Å². The Morgan fingerprint density at radius 2 is 1.68 bits per heavy atom. The van der Waals surface area contributed by atoms with E-state index in [4.69, 9.17) is 0 Å². The number of carbonyl (C=O) groups is 1. The molecule has 2 rings (SSSR count). The summed E-state index contributed by atoms with van der Waals surface area (Å²) in [5, 5.41) is 0. The van der Waals surface area contributed by atoms with Crippen LogP contribution >= 0.6 is 0 Å². The first-order valence-corrected chi connectivity index (χ1v) is 8.55. The maximum atomic E-state index is 12.3. The fraction of sp³-hybridized carbons (Fsp3) is 0.235. The number of rotatable bonds is 4. The molecule has 2 aromatic carbocycles. The van der Waals surface area contributed by atoms with Crippen LogP contribution in [0.4, 0.5) is 0 Å². The van der Waals surface area contributed by atoms with E-state index in [0.29, 0.717) is 11.1 Å². The highest BCUT2D eigenvalue weighted by Gasteiger charge is 2.20. The molecular weight excluding hydrogens is 298 g/mol. The average molecular weight is 317 g/mol. The summed E-state index contributed by atoms with van der Waals surface area (Å²) in [5.41, 5.74) is 3.00. The van der Waals surface area contributed by atoms with Gasteiger partial charge in [-0.1, -0.05) is 36.8 Å². The summed E-state index contributed by atoms with van der Waals surface area (Å²) >= 11 is 0. The van der Waals surface area contributed by atoms with E-state index in [2.05, 4.69) is 4.72 Å². The Kier molecular flexibility index (Phi) is 4.66. The molecule has 0 fully saturated rings. The summed E-state index contributed by atoms with van der Waals surface area (Å²) in [6, 6.07) is 11.9. The van der Waals surface area contributed by atoms with Crippen LogP contribution in [0.3, 0.4) is 0 Å². The van der Waals surface area contributed by atoms with Gasteiger partial charge in [0.2, 0.25) is 0 Å². The van der Waals surface area contributed by atoms with Crippen molar-refractivity contribution in [2.24, 2.45) is 0 Å². The van der Waals surface area contributed by atoms with Gasteiger partial charge >= 0.3 is 0 Å². The van der Waals surface area contributed by atoms with E-state index in [1.54, 1.807) is 31.2 Å². The lowest BCUT2D eigenvalue weighted by Crippen LogP contribution is -2.31. The molecule has 0 spiro atoms. The van der Waals surface area contributed by atoms with Gasteiger partial charge in [-0.3, -0.25) is 4.79 Å². The Labute approximate surface area is 131 Å². The Morgan fingerprint density at radius 3 is 2.23 bits per heavy atom. The molecule has 0 aliphatic rings. The van der Waals surface area contributed by atoms with Crippen molar-refractivity contribution in [2.75, 3.05) is 0 Å². The molecule has 116 valence electrons. The van der Waals surface area contributed by atoms with E-state index < -0.39 is 15.9 Å². The Bertz CT molecular complexity index is 793. The third kappa shape index (κ3) is 3.54. The van der Waals surface area contributed by atoms with Gasteiger partial charge in [0.25, 0.3) is 15.9 Å². The van der Waals surface area contributed by atoms with Crippen molar-refractivity contribution < 1.29 is 13.2 Å². The summed E-state index contributed by atoms with van der Waals surface area (Å²) in [6.07, 6.45) is 0.864. The number of aryl methyl sites for hydroxylation is 3. The van der Waals surface area contributed by atoms with Crippen LogP contribution in [-0.2, 0) is 16.4 Å². The number of hydrogen-bond acceptors (Lipinski definition) is 3. The highest BCUT2D eigenvalue weighted by molar-refractivity contribution is 7.90. The molecule has 0 aliphatic carbocycles. The normalized spacial score (nSPS) is 11.2. The monoisotopic (exact) mass is 317 g/mol. The molecule has 0 heterocycles. The number of carbonyl (C=O) groups excluding carboxylic acids is 1. The van der Waals surface area contributed by atoms with Crippen LogP contribution in [0.25, 0.3) is 0 Å². The van der Waals surface area contributed by atoms with E-state index in [1.165, 1.54) is 6.07 Å². The predicted octanol–water partition coefficient (Wildman–Crippen LogP) is 2.98. The summed E-state index contributed by atoms with van der Waals surface area (Å²) in [7, 11) is -3.87. The predicted molar refractivity (Wildman–Crippen MR) is 86.4 cm³/mol. The van der Waals surface area contributed by atoms with Crippen molar-refractivity contribution in [2.45, 2.75) is 32.1 Å². The first kappa shape index (κ1) is 16.2.